The van der Waals surface area contributed by atoms with Gasteiger partial charge < -0.3 is 5.32 Å². The molecule has 0 saturated carbocycles. The van der Waals surface area contributed by atoms with Gasteiger partial charge in [-0.3, -0.25) is 4.79 Å². The van der Waals surface area contributed by atoms with Crippen LogP contribution >= 0.6 is 11.6 Å². The Morgan fingerprint density at radius 1 is 1.23 bits per heavy atom. The van der Waals surface area contributed by atoms with Crippen molar-refractivity contribution in [1.82, 2.24) is 5.32 Å². The minimum absolute atomic E-state index is 0.0757. The summed E-state index contributed by atoms with van der Waals surface area (Å²) in [6.45, 7) is 0.501. The summed E-state index contributed by atoms with van der Waals surface area (Å²) in [6.07, 6.45) is 3.22. The SMILES string of the molecule is O=C(NCC1CCCc2ccccc21)c1c(F)cccc1Cl. The molecule has 0 saturated heterocycles. The lowest BCUT2D eigenvalue weighted by molar-refractivity contribution is 0.0946. The van der Waals surface area contributed by atoms with E-state index in [1.165, 1.54) is 29.3 Å². The maximum Gasteiger partial charge on any atom is 0.255 e. The Hall–Kier alpha value is -1.87. The highest BCUT2D eigenvalue weighted by atomic mass is 35.5. The molecule has 0 bridgehead atoms. The molecule has 1 aliphatic carbocycles. The number of amides is 1. The van der Waals surface area contributed by atoms with E-state index in [9.17, 15) is 9.18 Å². The molecule has 0 fully saturated rings. The molecule has 1 atom stereocenters. The van der Waals surface area contributed by atoms with Gasteiger partial charge in [-0.25, -0.2) is 4.39 Å². The number of hydrogen-bond donors (Lipinski definition) is 1. The lowest BCUT2D eigenvalue weighted by atomic mass is 9.83. The third-order valence-corrected chi connectivity index (χ3v) is 4.51. The fourth-order valence-corrected chi connectivity index (χ4v) is 3.33. The molecule has 1 aliphatic rings. The minimum atomic E-state index is -0.589. The second-order valence-corrected chi connectivity index (χ2v) is 6.00. The van der Waals surface area contributed by atoms with Gasteiger partial charge in [0.05, 0.1) is 10.6 Å². The molecule has 2 aromatic carbocycles. The Morgan fingerprint density at radius 2 is 2.05 bits per heavy atom. The Balaban J connectivity index is 1.72. The summed E-state index contributed by atoms with van der Waals surface area (Å²) in [5.74, 6) is -0.764. The molecule has 0 aromatic heterocycles. The van der Waals surface area contributed by atoms with Crippen LogP contribution in [0, 0.1) is 5.82 Å². The van der Waals surface area contributed by atoms with E-state index < -0.39 is 11.7 Å². The number of rotatable bonds is 3. The van der Waals surface area contributed by atoms with Crippen LogP contribution in [0.25, 0.3) is 0 Å². The van der Waals surface area contributed by atoms with Crippen molar-refractivity contribution in [1.29, 1.82) is 0 Å². The highest BCUT2D eigenvalue weighted by molar-refractivity contribution is 6.33. The first-order valence-electron chi connectivity index (χ1n) is 7.47. The second-order valence-electron chi connectivity index (χ2n) is 5.59. The molecule has 1 amide bonds. The molecule has 22 heavy (non-hydrogen) atoms. The molecular weight excluding hydrogens is 301 g/mol. The Labute approximate surface area is 134 Å². The van der Waals surface area contributed by atoms with E-state index in [1.807, 2.05) is 12.1 Å². The van der Waals surface area contributed by atoms with Gasteiger partial charge in [-0.2, -0.15) is 0 Å². The summed E-state index contributed by atoms with van der Waals surface area (Å²) in [5, 5.41) is 2.97. The minimum Gasteiger partial charge on any atom is -0.351 e. The molecule has 2 aromatic rings. The molecule has 4 heteroatoms. The lowest BCUT2D eigenvalue weighted by Crippen LogP contribution is -2.30. The van der Waals surface area contributed by atoms with Crippen molar-refractivity contribution in [2.75, 3.05) is 6.54 Å². The predicted molar refractivity (Wildman–Crippen MR) is 85.9 cm³/mol. The van der Waals surface area contributed by atoms with Gasteiger partial charge in [-0.1, -0.05) is 41.9 Å². The zero-order chi connectivity index (χ0) is 15.5. The van der Waals surface area contributed by atoms with Gasteiger partial charge >= 0.3 is 0 Å². The van der Waals surface area contributed by atoms with Crippen LogP contribution in [-0.4, -0.2) is 12.5 Å². The third-order valence-electron chi connectivity index (χ3n) is 4.19. The normalized spacial score (nSPS) is 16.9. The van der Waals surface area contributed by atoms with Crippen LogP contribution in [0.2, 0.25) is 5.02 Å². The number of carbonyl (C=O) groups excluding carboxylic acids is 1. The lowest BCUT2D eigenvalue weighted by Gasteiger charge is -2.25. The Kier molecular flexibility index (Phi) is 4.44. The summed E-state index contributed by atoms with van der Waals surface area (Å²) in [5.41, 5.74) is 2.55. The van der Waals surface area contributed by atoms with Gasteiger partial charge in [0, 0.05) is 12.5 Å². The number of aryl methyl sites for hydroxylation is 1. The summed E-state index contributed by atoms with van der Waals surface area (Å²) < 4.78 is 13.8. The van der Waals surface area contributed by atoms with Gasteiger partial charge in [-0.05, 0) is 42.5 Å². The zero-order valence-electron chi connectivity index (χ0n) is 12.1. The molecule has 0 spiro atoms. The van der Waals surface area contributed by atoms with E-state index >= 15 is 0 Å². The maximum absolute atomic E-state index is 13.8. The van der Waals surface area contributed by atoms with E-state index in [-0.39, 0.29) is 16.5 Å². The van der Waals surface area contributed by atoms with E-state index in [1.54, 1.807) is 0 Å². The van der Waals surface area contributed by atoms with Crippen LogP contribution in [0.4, 0.5) is 4.39 Å². The molecule has 0 radical (unpaired) electrons. The first kappa shape index (κ1) is 15.0. The number of nitrogens with one attached hydrogen (secondary N) is 1. The topological polar surface area (TPSA) is 29.1 Å². The molecule has 3 rings (SSSR count). The quantitative estimate of drug-likeness (QED) is 0.897. The van der Waals surface area contributed by atoms with Crippen molar-refractivity contribution in [3.63, 3.8) is 0 Å². The maximum atomic E-state index is 13.8. The fraction of sp³-hybridized carbons (Fsp3) is 0.278. The van der Waals surface area contributed by atoms with E-state index in [2.05, 4.69) is 17.4 Å². The highest BCUT2D eigenvalue weighted by Gasteiger charge is 2.22. The van der Waals surface area contributed by atoms with Crippen molar-refractivity contribution in [3.05, 3.63) is 70.0 Å². The van der Waals surface area contributed by atoms with Crippen LogP contribution in [0.5, 0.6) is 0 Å². The largest absolute Gasteiger partial charge is 0.351 e. The van der Waals surface area contributed by atoms with Crippen molar-refractivity contribution in [2.45, 2.75) is 25.2 Å². The first-order valence-corrected chi connectivity index (χ1v) is 7.84. The predicted octanol–water partition coefficient (Wildman–Crippen LogP) is 4.33. The number of carbonyl (C=O) groups is 1. The number of hydrogen-bond acceptors (Lipinski definition) is 1. The van der Waals surface area contributed by atoms with E-state index in [0.717, 1.165) is 19.3 Å². The zero-order valence-corrected chi connectivity index (χ0v) is 12.9. The first-order chi connectivity index (χ1) is 10.7. The summed E-state index contributed by atoms with van der Waals surface area (Å²) in [6, 6.07) is 12.6. The molecule has 1 unspecified atom stereocenters. The summed E-state index contributed by atoms with van der Waals surface area (Å²) in [4.78, 5) is 12.2. The number of fused-ring (bicyclic) bond motifs is 1. The fourth-order valence-electron chi connectivity index (χ4n) is 3.09. The van der Waals surface area contributed by atoms with Crippen LogP contribution in [0.3, 0.4) is 0 Å². The number of benzene rings is 2. The molecule has 0 aliphatic heterocycles. The summed E-state index contributed by atoms with van der Waals surface area (Å²) >= 11 is 5.93. The molecule has 2 nitrogen and oxygen atoms in total. The average Bonchev–Trinajstić information content (AvgIpc) is 2.52. The summed E-state index contributed by atoms with van der Waals surface area (Å²) in [7, 11) is 0. The van der Waals surface area contributed by atoms with Crippen LogP contribution in [0.15, 0.2) is 42.5 Å². The van der Waals surface area contributed by atoms with Crippen LogP contribution in [0.1, 0.15) is 40.2 Å². The number of halogens is 2. The molecular formula is C18H17ClFNO. The van der Waals surface area contributed by atoms with Crippen LogP contribution in [-0.2, 0) is 6.42 Å². The third kappa shape index (κ3) is 3.00. The molecule has 1 N–H and O–H groups in total. The van der Waals surface area contributed by atoms with Crippen molar-refractivity contribution in [2.24, 2.45) is 0 Å². The van der Waals surface area contributed by atoms with Crippen molar-refractivity contribution >= 4 is 17.5 Å². The Morgan fingerprint density at radius 3 is 2.86 bits per heavy atom. The van der Waals surface area contributed by atoms with Gasteiger partial charge in [0.25, 0.3) is 5.91 Å². The second kappa shape index (κ2) is 6.49. The Bertz CT molecular complexity index is 681. The van der Waals surface area contributed by atoms with E-state index in [4.69, 9.17) is 11.6 Å². The van der Waals surface area contributed by atoms with Gasteiger partial charge in [0.15, 0.2) is 0 Å². The highest BCUT2D eigenvalue weighted by Crippen LogP contribution is 2.31. The van der Waals surface area contributed by atoms with Crippen molar-refractivity contribution in [3.8, 4) is 0 Å². The van der Waals surface area contributed by atoms with E-state index in [0.29, 0.717) is 6.54 Å². The van der Waals surface area contributed by atoms with Gasteiger partial charge in [0.2, 0.25) is 0 Å². The molecule has 0 heterocycles. The average molecular weight is 318 g/mol. The standard InChI is InChI=1S/C18H17ClFNO/c19-15-9-4-10-16(20)17(15)18(22)21-11-13-7-3-6-12-5-1-2-8-14(12)13/h1-2,4-5,8-10,13H,3,6-7,11H2,(H,21,22). The monoisotopic (exact) mass is 317 g/mol. The van der Waals surface area contributed by atoms with Gasteiger partial charge in [-0.15, -0.1) is 0 Å². The van der Waals surface area contributed by atoms with Crippen molar-refractivity contribution < 1.29 is 9.18 Å². The van der Waals surface area contributed by atoms with Crippen LogP contribution < -0.4 is 5.32 Å². The van der Waals surface area contributed by atoms with Gasteiger partial charge in [0.1, 0.15) is 5.82 Å². The molecule has 114 valence electrons. The smallest absolute Gasteiger partial charge is 0.255 e.